The van der Waals surface area contributed by atoms with Crippen molar-refractivity contribution in [1.29, 1.82) is 0 Å². The molecule has 0 atom stereocenters. The highest BCUT2D eigenvalue weighted by atomic mass is 16.5. The van der Waals surface area contributed by atoms with Gasteiger partial charge in [-0.25, -0.2) is 0 Å². The first-order valence-electron chi connectivity index (χ1n) is 4.35. The first-order valence-corrected chi connectivity index (χ1v) is 4.35. The fraction of sp³-hybridized carbons (Fsp3) is 0.636. The molecule has 1 nitrogen and oxygen atoms in total. The Morgan fingerprint density at radius 1 is 1.50 bits per heavy atom. The molecule has 0 amide bonds. The predicted molar refractivity (Wildman–Crippen MR) is 54.3 cm³/mol. The van der Waals surface area contributed by atoms with Crippen molar-refractivity contribution in [3.05, 3.63) is 24.3 Å². The SMILES string of the molecule is C=C(C)CCC=CC(C)(C)OC. The minimum absolute atomic E-state index is 0.130. The second-order valence-corrected chi connectivity index (χ2v) is 3.71. The van der Waals surface area contributed by atoms with Crippen LogP contribution in [0.5, 0.6) is 0 Å². The molecular formula is C11H20O. The lowest BCUT2D eigenvalue weighted by molar-refractivity contribution is 0.0653. The van der Waals surface area contributed by atoms with E-state index in [1.807, 2.05) is 13.8 Å². The summed E-state index contributed by atoms with van der Waals surface area (Å²) in [5.74, 6) is 0. The van der Waals surface area contributed by atoms with Crippen LogP contribution in [-0.4, -0.2) is 12.7 Å². The van der Waals surface area contributed by atoms with E-state index in [0.29, 0.717) is 0 Å². The maximum absolute atomic E-state index is 5.24. The molecular weight excluding hydrogens is 148 g/mol. The molecule has 12 heavy (non-hydrogen) atoms. The van der Waals surface area contributed by atoms with Crippen molar-refractivity contribution in [2.45, 2.75) is 39.2 Å². The summed E-state index contributed by atoms with van der Waals surface area (Å²) in [5, 5.41) is 0. The topological polar surface area (TPSA) is 9.23 Å². The second kappa shape index (κ2) is 5.15. The van der Waals surface area contributed by atoms with Gasteiger partial charge >= 0.3 is 0 Å². The minimum Gasteiger partial charge on any atom is -0.375 e. The normalized spacial score (nSPS) is 12.3. The zero-order valence-electron chi connectivity index (χ0n) is 8.68. The highest BCUT2D eigenvalue weighted by molar-refractivity contribution is 4.99. The zero-order chi connectivity index (χ0) is 9.61. The van der Waals surface area contributed by atoms with Crippen LogP contribution in [0, 0.1) is 0 Å². The lowest BCUT2D eigenvalue weighted by atomic mass is 10.1. The van der Waals surface area contributed by atoms with Crippen molar-refractivity contribution in [2.24, 2.45) is 0 Å². The third kappa shape index (κ3) is 6.17. The Morgan fingerprint density at radius 3 is 2.50 bits per heavy atom. The Balaban J connectivity index is 3.68. The van der Waals surface area contributed by atoms with E-state index in [9.17, 15) is 0 Å². The molecule has 70 valence electrons. The first kappa shape index (κ1) is 11.4. The van der Waals surface area contributed by atoms with Gasteiger partial charge in [-0.15, -0.1) is 6.58 Å². The molecule has 0 saturated heterocycles. The van der Waals surface area contributed by atoms with Gasteiger partial charge in [0.05, 0.1) is 5.60 Å². The molecule has 0 aliphatic rings. The molecule has 0 aliphatic heterocycles. The number of hydrogen-bond acceptors (Lipinski definition) is 1. The highest BCUT2D eigenvalue weighted by Gasteiger charge is 2.09. The molecule has 0 fully saturated rings. The largest absolute Gasteiger partial charge is 0.375 e. The lowest BCUT2D eigenvalue weighted by Crippen LogP contribution is -2.18. The maximum atomic E-state index is 5.24. The summed E-state index contributed by atoms with van der Waals surface area (Å²) in [5.41, 5.74) is 1.10. The van der Waals surface area contributed by atoms with Crippen LogP contribution in [-0.2, 0) is 4.74 Å². The van der Waals surface area contributed by atoms with Gasteiger partial charge in [-0.1, -0.05) is 17.7 Å². The van der Waals surface area contributed by atoms with Crippen LogP contribution >= 0.6 is 0 Å². The standard InChI is InChI=1S/C11H20O/c1-10(2)8-6-7-9-11(3,4)12-5/h7,9H,1,6,8H2,2-5H3. The van der Waals surface area contributed by atoms with Gasteiger partial charge in [0.1, 0.15) is 0 Å². The van der Waals surface area contributed by atoms with Gasteiger partial charge in [-0.05, 0) is 33.6 Å². The van der Waals surface area contributed by atoms with E-state index in [2.05, 4.69) is 25.7 Å². The average Bonchev–Trinajstić information content (AvgIpc) is 1.98. The third-order valence-corrected chi connectivity index (χ3v) is 1.78. The lowest BCUT2D eigenvalue weighted by Gasteiger charge is -2.17. The molecule has 0 unspecified atom stereocenters. The van der Waals surface area contributed by atoms with Crippen LogP contribution in [0.25, 0.3) is 0 Å². The van der Waals surface area contributed by atoms with Crippen LogP contribution in [0.15, 0.2) is 24.3 Å². The van der Waals surface area contributed by atoms with E-state index >= 15 is 0 Å². The molecule has 0 aromatic rings. The number of allylic oxidation sites excluding steroid dienone is 2. The summed E-state index contributed by atoms with van der Waals surface area (Å²) < 4.78 is 5.24. The van der Waals surface area contributed by atoms with Crippen LogP contribution < -0.4 is 0 Å². The number of rotatable bonds is 5. The summed E-state index contributed by atoms with van der Waals surface area (Å²) in [6, 6.07) is 0. The van der Waals surface area contributed by atoms with Crippen molar-refractivity contribution < 1.29 is 4.74 Å². The molecule has 0 spiro atoms. The molecule has 1 heteroatoms. The van der Waals surface area contributed by atoms with Gasteiger partial charge in [0.15, 0.2) is 0 Å². The number of ether oxygens (including phenoxy) is 1. The van der Waals surface area contributed by atoms with Crippen molar-refractivity contribution in [2.75, 3.05) is 7.11 Å². The van der Waals surface area contributed by atoms with E-state index in [1.54, 1.807) is 7.11 Å². The molecule has 0 bridgehead atoms. The fourth-order valence-corrected chi connectivity index (χ4v) is 0.765. The summed E-state index contributed by atoms with van der Waals surface area (Å²) in [6.07, 6.45) is 6.37. The van der Waals surface area contributed by atoms with E-state index in [1.165, 1.54) is 5.57 Å². The molecule has 0 saturated carbocycles. The molecule has 0 aromatic carbocycles. The molecule has 0 radical (unpaired) electrons. The van der Waals surface area contributed by atoms with E-state index < -0.39 is 0 Å². The Hall–Kier alpha value is -0.560. The molecule has 0 heterocycles. The van der Waals surface area contributed by atoms with Gasteiger partial charge in [-0.2, -0.15) is 0 Å². The summed E-state index contributed by atoms with van der Waals surface area (Å²) >= 11 is 0. The van der Waals surface area contributed by atoms with Crippen LogP contribution in [0.2, 0.25) is 0 Å². The average molecular weight is 168 g/mol. The van der Waals surface area contributed by atoms with E-state index in [0.717, 1.165) is 12.8 Å². The summed E-state index contributed by atoms with van der Waals surface area (Å²) in [7, 11) is 1.73. The molecule has 0 aromatic heterocycles. The van der Waals surface area contributed by atoms with Gasteiger partial charge in [0, 0.05) is 7.11 Å². The van der Waals surface area contributed by atoms with Gasteiger partial charge in [-0.3, -0.25) is 0 Å². The first-order chi connectivity index (χ1) is 5.48. The third-order valence-electron chi connectivity index (χ3n) is 1.78. The number of hydrogen-bond donors (Lipinski definition) is 0. The molecule has 0 aliphatic carbocycles. The Bertz CT molecular complexity index is 166. The Morgan fingerprint density at radius 2 is 2.08 bits per heavy atom. The summed E-state index contributed by atoms with van der Waals surface area (Å²) in [6.45, 7) is 9.99. The predicted octanol–water partition coefficient (Wildman–Crippen LogP) is 3.32. The number of methoxy groups -OCH3 is 1. The van der Waals surface area contributed by atoms with E-state index in [-0.39, 0.29) is 5.60 Å². The van der Waals surface area contributed by atoms with Gasteiger partial charge in [0.25, 0.3) is 0 Å². The Kier molecular flexibility index (Phi) is 4.91. The molecule has 0 N–H and O–H groups in total. The van der Waals surface area contributed by atoms with Crippen molar-refractivity contribution in [1.82, 2.24) is 0 Å². The van der Waals surface area contributed by atoms with Crippen LogP contribution in [0.4, 0.5) is 0 Å². The summed E-state index contributed by atoms with van der Waals surface area (Å²) in [4.78, 5) is 0. The van der Waals surface area contributed by atoms with Gasteiger partial charge in [0.2, 0.25) is 0 Å². The van der Waals surface area contributed by atoms with Crippen molar-refractivity contribution >= 4 is 0 Å². The van der Waals surface area contributed by atoms with Crippen molar-refractivity contribution in [3.8, 4) is 0 Å². The molecule has 0 rings (SSSR count). The highest BCUT2D eigenvalue weighted by Crippen LogP contribution is 2.10. The second-order valence-electron chi connectivity index (χ2n) is 3.71. The maximum Gasteiger partial charge on any atom is 0.0802 e. The van der Waals surface area contributed by atoms with E-state index in [4.69, 9.17) is 4.74 Å². The van der Waals surface area contributed by atoms with Crippen LogP contribution in [0.3, 0.4) is 0 Å². The van der Waals surface area contributed by atoms with Gasteiger partial charge < -0.3 is 4.74 Å². The smallest absolute Gasteiger partial charge is 0.0802 e. The Labute approximate surface area is 76.1 Å². The quantitative estimate of drug-likeness (QED) is 0.572. The van der Waals surface area contributed by atoms with Crippen molar-refractivity contribution in [3.63, 3.8) is 0 Å². The minimum atomic E-state index is -0.130. The monoisotopic (exact) mass is 168 g/mol. The fourth-order valence-electron chi connectivity index (χ4n) is 0.765. The van der Waals surface area contributed by atoms with Crippen LogP contribution in [0.1, 0.15) is 33.6 Å². The zero-order valence-corrected chi connectivity index (χ0v) is 8.68.